The van der Waals surface area contributed by atoms with Gasteiger partial charge in [0.25, 0.3) is 6.47 Å². The van der Waals surface area contributed by atoms with Crippen LogP contribution in [0.2, 0.25) is 0 Å². The fourth-order valence-electron chi connectivity index (χ4n) is 4.41. The highest BCUT2D eigenvalue weighted by atomic mass is 31.2. The van der Waals surface area contributed by atoms with Crippen molar-refractivity contribution in [1.82, 2.24) is 0 Å². The standard InChI is InChI=1S/C21H40NO8P.C14H30/c1-5-6-7-8-9-10-11-12-13-14-21(24)30-20(17-27-19-23)18-29-31(25,26)28-16-15-22(2,3)4;1-3-5-7-9-11-13-14-12-10-8-6-4-2/h6-7,19-20H,5,8-18H2,1-4H3;3-14H2,1-2H3/p+1/b7-6+;/t20-;/m0./s1. The first kappa shape index (κ1) is 45.9. The molecule has 0 saturated heterocycles. The smallest absolute Gasteiger partial charge is 0.464 e. The molecule has 45 heavy (non-hydrogen) atoms. The predicted molar refractivity (Wildman–Crippen MR) is 185 cm³/mol. The Morgan fingerprint density at radius 2 is 1.24 bits per heavy atom. The summed E-state index contributed by atoms with van der Waals surface area (Å²) in [6.07, 6.45) is 28.1. The molecular weight excluding hydrogens is 593 g/mol. The third kappa shape index (κ3) is 38.8. The number of nitrogens with zero attached hydrogens (tertiary/aromatic N) is 1. The van der Waals surface area contributed by atoms with Crippen molar-refractivity contribution in [3.8, 4) is 0 Å². The van der Waals surface area contributed by atoms with Crippen molar-refractivity contribution in [2.45, 2.75) is 155 Å². The number of carbonyl (C=O) groups is 2. The van der Waals surface area contributed by atoms with Crippen LogP contribution in [0.15, 0.2) is 12.2 Å². The summed E-state index contributed by atoms with van der Waals surface area (Å²) in [7, 11) is 1.46. The van der Waals surface area contributed by atoms with Gasteiger partial charge in [-0.2, -0.15) is 0 Å². The largest absolute Gasteiger partial charge is 0.472 e. The quantitative estimate of drug-likeness (QED) is 0.0195. The van der Waals surface area contributed by atoms with E-state index >= 15 is 0 Å². The van der Waals surface area contributed by atoms with Gasteiger partial charge in [0.1, 0.15) is 19.8 Å². The van der Waals surface area contributed by atoms with E-state index in [-0.39, 0.29) is 26.1 Å². The highest BCUT2D eigenvalue weighted by Crippen LogP contribution is 2.43. The summed E-state index contributed by atoms with van der Waals surface area (Å²) in [4.78, 5) is 32.2. The Balaban J connectivity index is 0. The Bertz CT molecular complexity index is 730. The Morgan fingerprint density at radius 1 is 0.733 bits per heavy atom. The second-order valence-corrected chi connectivity index (χ2v) is 14.3. The number of allylic oxidation sites excluding steroid dienone is 2. The number of unbranched alkanes of at least 4 members (excludes halogenated alkanes) is 16. The minimum absolute atomic E-state index is 0.0292. The van der Waals surface area contributed by atoms with E-state index < -0.39 is 26.5 Å². The normalized spacial score (nSPS) is 13.6. The zero-order chi connectivity index (χ0) is 34.1. The van der Waals surface area contributed by atoms with Gasteiger partial charge in [-0.25, -0.2) is 4.57 Å². The average molecular weight is 665 g/mol. The molecule has 1 unspecified atom stereocenters. The van der Waals surface area contributed by atoms with Crippen molar-refractivity contribution in [3.05, 3.63) is 12.2 Å². The lowest BCUT2D eigenvalue weighted by Gasteiger charge is -2.24. The SMILES string of the molecule is CC/C=C/CCCCCCCC(=O)O[C@@H](COC=O)COP(=O)(O)OCC[N+](C)(C)C.CCCCCCCCCCCCCC. The summed E-state index contributed by atoms with van der Waals surface area (Å²) in [6, 6.07) is 0. The Morgan fingerprint density at radius 3 is 1.73 bits per heavy atom. The van der Waals surface area contributed by atoms with E-state index in [1.54, 1.807) is 0 Å². The second kappa shape index (κ2) is 32.7. The minimum Gasteiger partial charge on any atom is -0.464 e. The van der Waals surface area contributed by atoms with Crippen molar-refractivity contribution >= 4 is 20.3 Å². The van der Waals surface area contributed by atoms with Crippen LogP contribution in [0.5, 0.6) is 0 Å². The molecule has 0 radical (unpaired) electrons. The summed E-state index contributed by atoms with van der Waals surface area (Å²) < 4.78 is 32.2. The zero-order valence-electron chi connectivity index (χ0n) is 30.0. The third-order valence-corrected chi connectivity index (χ3v) is 8.18. The van der Waals surface area contributed by atoms with Gasteiger partial charge >= 0.3 is 13.8 Å². The maximum Gasteiger partial charge on any atom is 0.472 e. The molecular formula is C35H71NO8P+. The first-order valence-corrected chi connectivity index (χ1v) is 19.3. The summed E-state index contributed by atoms with van der Waals surface area (Å²) in [5.41, 5.74) is 0. The number of ether oxygens (including phenoxy) is 2. The Kier molecular flexibility index (Phi) is 33.3. The predicted octanol–water partition coefficient (Wildman–Crippen LogP) is 9.32. The first-order valence-electron chi connectivity index (χ1n) is 17.8. The number of hydrogen-bond acceptors (Lipinski definition) is 7. The van der Waals surface area contributed by atoms with Crippen LogP contribution in [0.3, 0.4) is 0 Å². The van der Waals surface area contributed by atoms with Gasteiger partial charge < -0.3 is 18.9 Å². The number of phosphoric acid groups is 1. The van der Waals surface area contributed by atoms with Gasteiger partial charge in [-0.3, -0.25) is 18.6 Å². The molecule has 0 aromatic heterocycles. The monoisotopic (exact) mass is 664 g/mol. The summed E-state index contributed by atoms with van der Waals surface area (Å²) >= 11 is 0. The average Bonchev–Trinajstić information content (AvgIpc) is 2.98. The van der Waals surface area contributed by atoms with Crippen LogP contribution in [0.4, 0.5) is 0 Å². The van der Waals surface area contributed by atoms with Crippen molar-refractivity contribution < 1.29 is 42.1 Å². The number of carbonyl (C=O) groups excluding carboxylic acids is 2. The van der Waals surface area contributed by atoms with Crippen molar-refractivity contribution in [2.75, 3.05) is 47.5 Å². The lowest BCUT2D eigenvalue weighted by molar-refractivity contribution is -0.870. The molecule has 0 bridgehead atoms. The van der Waals surface area contributed by atoms with Crippen molar-refractivity contribution in [1.29, 1.82) is 0 Å². The highest BCUT2D eigenvalue weighted by Gasteiger charge is 2.26. The number of hydrogen-bond donors (Lipinski definition) is 1. The van der Waals surface area contributed by atoms with Gasteiger partial charge in [-0.15, -0.1) is 0 Å². The molecule has 0 heterocycles. The van der Waals surface area contributed by atoms with Crippen molar-refractivity contribution in [3.63, 3.8) is 0 Å². The molecule has 0 aliphatic rings. The first-order chi connectivity index (χ1) is 21.5. The fourth-order valence-corrected chi connectivity index (χ4v) is 5.15. The van der Waals surface area contributed by atoms with E-state index in [0.29, 0.717) is 17.4 Å². The van der Waals surface area contributed by atoms with E-state index in [1.807, 2.05) is 21.1 Å². The van der Waals surface area contributed by atoms with Crippen LogP contribution in [0, 0.1) is 0 Å². The Labute approximate surface area is 277 Å². The highest BCUT2D eigenvalue weighted by molar-refractivity contribution is 7.47. The summed E-state index contributed by atoms with van der Waals surface area (Å²) in [5.74, 6) is -0.465. The summed E-state index contributed by atoms with van der Waals surface area (Å²) in [6.45, 7) is 6.76. The lowest BCUT2D eigenvalue weighted by Crippen LogP contribution is -2.37. The van der Waals surface area contributed by atoms with Crippen molar-refractivity contribution in [2.24, 2.45) is 0 Å². The molecule has 0 saturated carbocycles. The number of esters is 1. The van der Waals surface area contributed by atoms with E-state index in [9.17, 15) is 19.0 Å². The van der Waals surface area contributed by atoms with Gasteiger partial charge in [0, 0.05) is 6.42 Å². The van der Waals surface area contributed by atoms with E-state index in [0.717, 1.165) is 38.5 Å². The molecule has 2 atom stereocenters. The topological polar surface area (TPSA) is 108 Å². The third-order valence-electron chi connectivity index (χ3n) is 7.20. The Hall–Kier alpha value is -1.25. The molecule has 0 aromatic rings. The molecule has 1 N–H and O–H groups in total. The van der Waals surface area contributed by atoms with Gasteiger partial charge in [0.2, 0.25) is 0 Å². The summed E-state index contributed by atoms with van der Waals surface area (Å²) in [5, 5.41) is 0. The fraction of sp³-hybridized carbons (Fsp3) is 0.886. The van der Waals surface area contributed by atoms with Crippen LogP contribution >= 0.6 is 7.82 Å². The van der Waals surface area contributed by atoms with Crippen LogP contribution < -0.4 is 0 Å². The molecule has 0 rings (SSSR count). The molecule has 0 spiro atoms. The molecule has 10 heteroatoms. The van der Waals surface area contributed by atoms with E-state index in [2.05, 4.69) is 37.7 Å². The van der Waals surface area contributed by atoms with Crippen LogP contribution in [-0.2, 0) is 32.7 Å². The van der Waals surface area contributed by atoms with Crippen LogP contribution in [0.25, 0.3) is 0 Å². The second-order valence-electron chi connectivity index (χ2n) is 12.9. The van der Waals surface area contributed by atoms with E-state index in [1.165, 1.54) is 77.0 Å². The lowest BCUT2D eigenvalue weighted by atomic mass is 10.1. The minimum atomic E-state index is -4.30. The molecule has 0 fully saturated rings. The van der Waals surface area contributed by atoms with E-state index in [4.69, 9.17) is 13.8 Å². The van der Waals surface area contributed by atoms with Crippen LogP contribution in [-0.4, -0.2) is 75.4 Å². The maximum atomic E-state index is 12.0. The molecule has 9 nitrogen and oxygen atoms in total. The van der Waals surface area contributed by atoms with Gasteiger partial charge in [0.05, 0.1) is 27.7 Å². The molecule has 0 aliphatic heterocycles. The number of quaternary nitrogens is 1. The maximum absolute atomic E-state index is 12.0. The molecule has 0 aliphatic carbocycles. The van der Waals surface area contributed by atoms with Crippen LogP contribution in [0.1, 0.15) is 149 Å². The van der Waals surface area contributed by atoms with Gasteiger partial charge in [-0.1, -0.05) is 129 Å². The van der Waals surface area contributed by atoms with Gasteiger partial charge in [-0.05, 0) is 25.7 Å². The molecule has 0 amide bonds. The zero-order valence-corrected chi connectivity index (χ0v) is 30.9. The molecule has 0 aromatic carbocycles. The number of phosphoric ester groups is 1. The number of likely N-dealkylation sites (N-methyl/N-ethyl adjacent to an activating group) is 1. The van der Waals surface area contributed by atoms with Gasteiger partial charge in [0.15, 0.2) is 6.10 Å². The number of rotatable bonds is 31. The molecule has 268 valence electrons.